The third kappa shape index (κ3) is 2.92. The first-order chi connectivity index (χ1) is 12.6. The smallest absolute Gasteiger partial charge is 0.328 e. The number of nitrogens with zero attached hydrogens (tertiary/aromatic N) is 4. The van der Waals surface area contributed by atoms with Gasteiger partial charge in [0.1, 0.15) is 24.1 Å². The zero-order valence-corrected chi connectivity index (χ0v) is 14.5. The molecule has 0 bridgehead atoms. The van der Waals surface area contributed by atoms with Crippen molar-refractivity contribution in [1.29, 1.82) is 0 Å². The van der Waals surface area contributed by atoms with Crippen molar-refractivity contribution in [3.05, 3.63) is 28.7 Å². The van der Waals surface area contributed by atoms with Gasteiger partial charge >= 0.3 is 5.97 Å². The summed E-state index contributed by atoms with van der Waals surface area (Å²) in [5, 5.41) is 11.4. The summed E-state index contributed by atoms with van der Waals surface area (Å²) in [5.41, 5.74) is 0. The fourth-order valence-electron chi connectivity index (χ4n) is 3.01. The van der Waals surface area contributed by atoms with Crippen molar-refractivity contribution in [2.45, 2.75) is 6.04 Å². The number of carboxylic acids is 1. The van der Waals surface area contributed by atoms with E-state index in [1.807, 2.05) is 0 Å². The van der Waals surface area contributed by atoms with Gasteiger partial charge in [-0.2, -0.15) is 0 Å². The minimum absolute atomic E-state index is 0.121. The first-order valence-corrected chi connectivity index (χ1v) is 8.96. The lowest BCUT2D eigenvalue weighted by Crippen LogP contribution is -2.58. The second kappa shape index (κ2) is 6.79. The van der Waals surface area contributed by atoms with Crippen molar-refractivity contribution in [2.24, 2.45) is 0 Å². The van der Waals surface area contributed by atoms with E-state index in [2.05, 4.69) is 9.97 Å². The number of fused-ring (bicyclic) bond motifs is 1. The lowest BCUT2D eigenvalue weighted by Gasteiger charge is -2.39. The van der Waals surface area contributed by atoms with Crippen LogP contribution in [-0.4, -0.2) is 70.7 Å². The highest BCUT2D eigenvalue weighted by Crippen LogP contribution is 2.40. The summed E-state index contributed by atoms with van der Waals surface area (Å²) in [7, 11) is 0. The first kappa shape index (κ1) is 16.6. The van der Waals surface area contributed by atoms with Gasteiger partial charge in [0.2, 0.25) is 5.95 Å². The molecule has 2 aromatic rings. The van der Waals surface area contributed by atoms with Crippen molar-refractivity contribution in [3.8, 4) is 11.5 Å². The maximum Gasteiger partial charge on any atom is 0.328 e. The van der Waals surface area contributed by atoms with Crippen LogP contribution in [0.5, 0.6) is 11.5 Å². The van der Waals surface area contributed by atoms with Gasteiger partial charge in [0, 0.05) is 30.9 Å². The Morgan fingerprint density at radius 3 is 2.73 bits per heavy atom. The van der Waals surface area contributed by atoms with E-state index in [0.29, 0.717) is 42.1 Å². The molecule has 10 heteroatoms. The van der Waals surface area contributed by atoms with Crippen LogP contribution in [0.25, 0.3) is 0 Å². The normalized spacial score (nSPS) is 19.3. The first-order valence-electron chi connectivity index (χ1n) is 8.08. The molecule has 0 saturated carbocycles. The lowest BCUT2D eigenvalue weighted by molar-refractivity contribution is -0.142. The van der Waals surface area contributed by atoms with Crippen molar-refractivity contribution in [1.82, 2.24) is 14.9 Å². The SMILES string of the molecule is O=C(O)[C@@H]1CN(c2ncccn2)CCN1C(=O)c1scc2c1OCCO2. The molecule has 0 aliphatic carbocycles. The van der Waals surface area contributed by atoms with E-state index in [4.69, 9.17) is 9.47 Å². The highest BCUT2D eigenvalue weighted by molar-refractivity contribution is 7.12. The van der Waals surface area contributed by atoms with Crippen molar-refractivity contribution in [2.75, 3.05) is 37.7 Å². The van der Waals surface area contributed by atoms with Crippen molar-refractivity contribution >= 4 is 29.2 Å². The summed E-state index contributed by atoms with van der Waals surface area (Å²) in [6.45, 7) is 1.62. The minimum Gasteiger partial charge on any atom is -0.485 e. The molecule has 2 aromatic heterocycles. The van der Waals surface area contributed by atoms with Gasteiger partial charge in [0.05, 0.1) is 6.54 Å². The van der Waals surface area contributed by atoms with Gasteiger partial charge in [-0.1, -0.05) is 0 Å². The van der Waals surface area contributed by atoms with E-state index in [9.17, 15) is 14.7 Å². The molecule has 9 nitrogen and oxygen atoms in total. The predicted molar refractivity (Wildman–Crippen MR) is 92.0 cm³/mol. The van der Waals surface area contributed by atoms with Crippen LogP contribution < -0.4 is 14.4 Å². The Kier molecular flexibility index (Phi) is 4.33. The molecule has 136 valence electrons. The summed E-state index contributed by atoms with van der Waals surface area (Å²) in [6, 6.07) is 0.697. The number of ether oxygens (including phenoxy) is 2. The lowest BCUT2D eigenvalue weighted by atomic mass is 10.1. The molecule has 1 atom stereocenters. The van der Waals surface area contributed by atoms with Crippen LogP contribution in [-0.2, 0) is 4.79 Å². The number of hydrogen-bond acceptors (Lipinski definition) is 8. The fraction of sp³-hybridized carbons (Fsp3) is 0.375. The summed E-state index contributed by atoms with van der Waals surface area (Å²) in [4.78, 5) is 36.6. The number of anilines is 1. The number of amides is 1. The molecular weight excluding hydrogens is 360 g/mol. The van der Waals surface area contributed by atoms with Gasteiger partial charge < -0.3 is 24.4 Å². The molecule has 2 aliphatic rings. The van der Waals surface area contributed by atoms with Gasteiger partial charge in [-0.05, 0) is 6.07 Å². The molecule has 1 fully saturated rings. The van der Waals surface area contributed by atoms with Crippen LogP contribution >= 0.6 is 11.3 Å². The number of piperazine rings is 1. The zero-order valence-electron chi connectivity index (χ0n) is 13.7. The highest BCUT2D eigenvalue weighted by atomic mass is 32.1. The second-order valence-electron chi connectivity index (χ2n) is 5.80. The van der Waals surface area contributed by atoms with Gasteiger partial charge in [0.15, 0.2) is 11.5 Å². The molecule has 4 rings (SSSR count). The molecule has 1 amide bonds. The maximum absolute atomic E-state index is 13.0. The van der Waals surface area contributed by atoms with E-state index < -0.39 is 12.0 Å². The largest absolute Gasteiger partial charge is 0.485 e. The summed E-state index contributed by atoms with van der Waals surface area (Å²) in [5.74, 6) is -0.0301. The van der Waals surface area contributed by atoms with Gasteiger partial charge in [0.25, 0.3) is 5.91 Å². The number of aliphatic carboxylic acids is 1. The van der Waals surface area contributed by atoms with Crippen LogP contribution in [0.2, 0.25) is 0 Å². The number of carbonyl (C=O) groups excluding carboxylic acids is 1. The van der Waals surface area contributed by atoms with Crippen LogP contribution in [0.1, 0.15) is 9.67 Å². The van der Waals surface area contributed by atoms with E-state index in [1.165, 1.54) is 16.2 Å². The standard InChI is InChI=1S/C16H16N4O5S/c21-14(13-12-11(9-26-13)24-6-7-25-12)20-5-4-19(8-10(20)15(22)23)16-17-2-1-3-18-16/h1-3,9-10H,4-8H2,(H,22,23)/t10-/m0/s1. The monoisotopic (exact) mass is 376 g/mol. The molecule has 26 heavy (non-hydrogen) atoms. The molecule has 0 spiro atoms. The Hall–Kier alpha value is -2.88. The number of carbonyl (C=O) groups is 2. The number of thiophene rings is 1. The number of rotatable bonds is 3. The predicted octanol–water partition coefficient (Wildman–Crippen LogP) is 0.725. The van der Waals surface area contributed by atoms with Crippen molar-refractivity contribution in [3.63, 3.8) is 0 Å². The number of aromatic nitrogens is 2. The summed E-state index contributed by atoms with van der Waals surface area (Å²) >= 11 is 1.21. The number of carboxylic acid groups (broad SMARTS) is 1. The molecule has 2 aliphatic heterocycles. The average molecular weight is 376 g/mol. The van der Waals surface area contributed by atoms with Crippen LogP contribution in [0.3, 0.4) is 0 Å². The third-order valence-electron chi connectivity index (χ3n) is 4.26. The fourth-order valence-corrected chi connectivity index (χ4v) is 3.90. The average Bonchev–Trinajstić information content (AvgIpc) is 3.12. The molecule has 4 heterocycles. The molecule has 1 N–H and O–H groups in total. The van der Waals surface area contributed by atoms with Crippen LogP contribution in [0, 0.1) is 0 Å². The molecule has 1 saturated heterocycles. The van der Waals surface area contributed by atoms with E-state index in [1.54, 1.807) is 28.7 Å². The highest BCUT2D eigenvalue weighted by Gasteiger charge is 2.38. The van der Waals surface area contributed by atoms with Gasteiger partial charge in [-0.15, -0.1) is 11.3 Å². The Labute approximate surface area is 152 Å². The molecule has 0 aromatic carbocycles. The maximum atomic E-state index is 13.0. The van der Waals surface area contributed by atoms with E-state index in [0.717, 1.165) is 0 Å². The van der Waals surface area contributed by atoms with Crippen molar-refractivity contribution < 1.29 is 24.2 Å². The molecular formula is C16H16N4O5S. The zero-order chi connectivity index (χ0) is 18.1. The Morgan fingerprint density at radius 2 is 1.96 bits per heavy atom. The molecule has 0 unspecified atom stereocenters. The van der Waals surface area contributed by atoms with Crippen LogP contribution in [0.4, 0.5) is 5.95 Å². The van der Waals surface area contributed by atoms with Gasteiger partial charge in [-0.3, -0.25) is 4.79 Å². The topological polar surface area (TPSA) is 105 Å². The van der Waals surface area contributed by atoms with E-state index in [-0.39, 0.29) is 19.0 Å². The van der Waals surface area contributed by atoms with E-state index >= 15 is 0 Å². The summed E-state index contributed by atoms with van der Waals surface area (Å²) in [6.07, 6.45) is 3.20. The van der Waals surface area contributed by atoms with Crippen LogP contribution in [0.15, 0.2) is 23.8 Å². The minimum atomic E-state index is -1.07. The Bertz CT molecular complexity index is 827. The Morgan fingerprint density at radius 1 is 1.19 bits per heavy atom. The third-order valence-corrected chi connectivity index (χ3v) is 5.18. The Balaban J connectivity index is 1.57. The summed E-state index contributed by atoms with van der Waals surface area (Å²) < 4.78 is 11.0. The van der Waals surface area contributed by atoms with Gasteiger partial charge in [-0.25, -0.2) is 14.8 Å². The number of hydrogen-bond donors (Lipinski definition) is 1. The quantitative estimate of drug-likeness (QED) is 0.836. The second-order valence-corrected chi connectivity index (χ2v) is 6.68. The molecule has 0 radical (unpaired) electrons.